The van der Waals surface area contributed by atoms with Crippen LogP contribution in [-0.2, 0) is 14.6 Å². The number of amides is 2. The molecule has 1 aromatic heterocycles. The Morgan fingerprint density at radius 1 is 1.06 bits per heavy atom. The number of alkyl halides is 1. The number of carbonyl (C=O) groups is 1. The lowest BCUT2D eigenvalue weighted by molar-refractivity contribution is 0.251. The van der Waals surface area contributed by atoms with Crippen LogP contribution in [0.2, 0.25) is 0 Å². The lowest BCUT2D eigenvalue weighted by Crippen LogP contribution is -2.30. The van der Waals surface area contributed by atoms with Crippen LogP contribution in [0.5, 0.6) is 0 Å². The number of nitrogens with two attached hydrogens (primary N) is 1. The van der Waals surface area contributed by atoms with Crippen LogP contribution in [0.3, 0.4) is 0 Å². The van der Waals surface area contributed by atoms with Crippen molar-refractivity contribution in [1.29, 1.82) is 0 Å². The van der Waals surface area contributed by atoms with E-state index >= 15 is 0 Å². The largest absolute Gasteiger partial charge is 0.384 e. The predicted molar refractivity (Wildman–Crippen MR) is 119 cm³/mol. The molecule has 2 aromatic carbocycles. The van der Waals surface area contributed by atoms with Crippen LogP contribution in [0, 0.1) is 11.6 Å². The summed E-state index contributed by atoms with van der Waals surface area (Å²) < 4.78 is 65.2. The SMILES string of the molecule is Nc1cc(C2(S(=O)(=O)c3cc(F)ccc3F)CC2)nc(-c2ccc(NC(=O)NCCF)cc2)n1. The summed E-state index contributed by atoms with van der Waals surface area (Å²) >= 11 is 0. The molecule has 3 aromatic rings. The maximum atomic E-state index is 14.3. The molecular formula is C22H20F3N5O3S. The number of nitrogens with zero attached hydrogens (tertiary/aromatic N) is 2. The molecule has 0 radical (unpaired) electrons. The molecule has 178 valence electrons. The number of hydrogen-bond acceptors (Lipinski definition) is 6. The Bertz CT molecular complexity index is 1350. The van der Waals surface area contributed by atoms with E-state index in [0.717, 1.165) is 12.1 Å². The van der Waals surface area contributed by atoms with Crippen LogP contribution < -0.4 is 16.4 Å². The molecule has 1 aliphatic rings. The molecule has 34 heavy (non-hydrogen) atoms. The highest BCUT2D eigenvalue weighted by Gasteiger charge is 2.58. The highest BCUT2D eigenvalue weighted by molar-refractivity contribution is 7.92. The van der Waals surface area contributed by atoms with Gasteiger partial charge in [0.15, 0.2) is 15.7 Å². The third kappa shape index (κ3) is 4.40. The number of sulfone groups is 1. The second kappa shape index (κ2) is 8.93. The topological polar surface area (TPSA) is 127 Å². The maximum Gasteiger partial charge on any atom is 0.319 e. The highest BCUT2D eigenvalue weighted by Crippen LogP contribution is 2.55. The molecule has 4 N–H and O–H groups in total. The molecule has 1 aliphatic carbocycles. The Labute approximate surface area is 193 Å². The van der Waals surface area contributed by atoms with E-state index in [1.165, 1.54) is 6.07 Å². The van der Waals surface area contributed by atoms with Gasteiger partial charge in [0, 0.05) is 23.9 Å². The normalized spacial score (nSPS) is 14.4. The Balaban J connectivity index is 1.65. The van der Waals surface area contributed by atoms with Crippen molar-refractivity contribution < 1.29 is 26.4 Å². The van der Waals surface area contributed by atoms with Gasteiger partial charge in [-0.05, 0) is 55.3 Å². The van der Waals surface area contributed by atoms with E-state index in [9.17, 15) is 26.4 Å². The van der Waals surface area contributed by atoms with Crippen LogP contribution in [0.1, 0.15) is 18.5 Å². The van der Waals surface area contributed by atoms with Crippen molar-refractivity contribution >= 4 is 27.4 Å². The van der Waals surface area contributed by atoms with E-state index in [4.69, 9.17) is 5.73 Å². The number of rotatable bonds is 7. The first-order chi connectivity index (χ1) is 16.2. The standard InChI is InChI=1S/C22H20F3N5O3S/c23-9-10-27-21(31)28-15-4-1-13(2-5-15)20-29-18(12-19(26)30-20)22(7-8-22)34(32,33)17-11-14(24)3-6-16(17)25/h1-6,11-12H,7-10H2,(H2,26,29,30)(H2,27,28,31). The summed E-state index contributed by atoms with van der Waals surface area (Å²) in [5.74, 6) is -1.78. The monoisotopic (exact) mass is 491 g/mol. The smallest absolute Gasteiger partial charge is 0.319 e. The molecule has 2 amide bonds. The number of anilines is 2. The second-order valence-corrected chi connectivity index (χ2v) is 9.95. The molecule has 0 atom stereocenters. The molecule has 1 heterocycles. The Morgan fingerprint density at radius 2 is 1.76 bits per heavy atom. The van der Waals surface area contributed by atoms with Gasteiger partial charge in [-0.15, -0.1) is 0 Å². The molecule has 0 spiro atoms. The van der Waals surface area contributed by atoms with Crippen LogP contribution in [0.4, 0.5) is 29.5 Å². The van der Waals surface area contributed by atoms with E-state index in [0.29, 0.717) is 17.3 Å². The number of nitrogen functional groups attached to an aromatic ring is 1. The quantitative estimate of drug-likeness (QED) is 0.464. The van der Waals surface area contributed by atoms with E-state index in [-0.39, 0.29) is 36.7 Å². The highest BCUT2D eigenvalue weighted by atomic mass is 32.2. The van der Waals surface area contributed by atoms with Crippen LogP contribution >= 0.6 is 0 Å². The number of aromatic nitrogens is 2. The number of benzene rings is 2. The van der Waals surface area contributed by atoms with Gasteiger partial charge in [-0.2, -0.15) is 0 Å². The molecule has 0 unspecified atom stereocenters. The lowest BCUT2D eigenvalue weighted by Gasteiger charge is -2.18. The summed E-state index contributed by atoms with van der Waals surface area (Å²) in [7, 11) is -4.32. The number of urea groups is 1. The summed E-state index contributed by atoms with van der Waals surface area (Å²) in [5.41, 5.74) is 6.92. The number of halogens is 3. The number of hydrogen-bond donors (Lipinski definition) is 3. The number of carbonyl (C=O) groups excluding carboxylic acids is 1. The minimum Gasteiger partial charge on any atom is -0.384 e. The van der Waals surface area contributed by atoms with Gasteiger partial charge in [0.05, 0.1) is 5.69 Å². The van der Waals surface area contributed by atoms with Crippen molar-refractivity contribution in [1.82, 2.24) is 15.3 Å². The molecular weight excluding hydrogens is 471 g/mol. The average Bonchev–Trinajstić information content (AvgIpc) is 3.62. The molecule has 0 bridgehead atoms. The zero-order valence-corrected chi connectivity index (χ0v) is 18.5. The zero-order chi connectivity index (χ0) is 24.5. The van der Waals surface area contributed by atoms with Crippen molar-refractivity contribution in [3.05, 3.63) is 65.9 Å². The van der Waals surface area contributed by atoms with E-state index in [1.54, 1.807) is 24.3 Å². The molecule has 12 heteroatoms. The van der Waals surface area contributed by atoms with Gasteiger partial charge in [0.1, 0.15) is 33.8 Å². The predicted octanol–water partition coefficient (Wildman–Crippen LogP) is 3.56. The molecule has 1 fully saturated rings. The van der Waals surface area contributed by atoms with Gasteiger partial charge >= 0.3 is 6.03 Å². The summed E-state index contributed by atoms with van der Waals surface area (Å²) in [6.45, 7) is -0.807. The van der Waals surface area contributed by atoms with Crippen molar-refractivity contribution in [2.75, 3.05) is 24.3 Å². The Kier molecular flexibility index (Phi) is 6.17. The van der Waals surface area contributed by atoms with Crippen LogP contribution in [0.15, 0.2) is 53.4 Å². The summed E-state index contributed by atoms with van der Waals surface area (Å²) in [6.07, 6.45) is 0.329. The van der Waals surface area contributed by atoms with E-state index in [2.05, 4.69) is 20.6 Å². The minimum absolute atomic E-state index is 0.00832. The summed E-state index contributed by atoms with van der Waals surface area (Å²) in [5, 5.41) is 4.86. The fourth-order valence-corrected chi connectivity index (χ4v) is 5.57. The molecule has 1 saturated carbocycles. The number of nitrogens with one attached hydrogen (secondary N) is 2. The van der Waals surface area contributed by atoms with Crippen LogP contribution in [0.25, 0.3) is 11.4 Å². The third-order valence-electron chi connectivity index (χ3n) is 5.40. The lowest BCUT2D eigenvalue weighted by atomic mass is 10.1. The Morgan fingerprint density at radius 3 is 2.41 bits per heavy atom. The van der Waals surface area contributed by atoms with Gasteiger partial charge in [-0.25, -0.2) is 36.4 Å². The fourth-order valence-electron chi connectivity index (χ4n) is 3.54. The van der Waals surface area contributed by atoms with E-state index in [1.807, 2.05) is 0 Å². The minimum atomic E-state index is -4.32. The maximum absolute atomic E-state index is 14.3. The van der Waals surface area contributed by atoms with Crippen molar-refractivity contribution in [3.8, 4) is 11.4 Å². The first-order valence-electron chi connectivity index (χ1n) is 10.2. The Hall–Kier alpha value is -3.67. The van der Waals surface area contributed by atoms with Gasteiger partial charge in [-0.1, -0.05) is 0 Å². The van der Waals surface area contributed by atoms with Gasteiger partial charge < -0.3 is 16.4 Å². The second-order valence-electron chi connectivity index (χ2n) is 7.72. The van der Waals surface area contributed by atoms with Gasteiger partial charge in [-0.3, -0.25) is 0 Å². The summed E-state index contributed by atoms with van der Waals surface area (Å²) in [6, 6.07) is 9.31. The van der Waals surface area contributed by atoms with Crippen LogP contribution in [-0.4, -0.2) is 37.6 Å². The first-order valence-corrected chi connectivity index (χ1v) is 11.7. The molecule has 0 saturated heterocycles. The van der Waals surface area contributed by atoms with Gasteiger partial charge in [0.25, 0.3) is 0 Å². The average molecular weight is 491 g/mol. The third-order valence-corrected chi connectivity index (χ3v) is 7.93. The zero-order valence-electron chi connectivity index (χ0n) is 17.7. The molecule has 0 aliphatic heterocycles. The van der Waals surface area contributed by atoms with Crippen molar-refractivity contribution in [2.45, 2.75) is 22.5 Å². The first kappa shape index (κ1) is 23.5. The van der Waals surface area contributed by atoms with Crippen molar-refractivity contribution in [2.24, 2.45) is 0 Å². The van der Waals surface area contributed by atoms with Crippen molar-refractivity contribution in [3.63, 3.8) is 0 Å². The summed E-state index contributed by atoms with van der Waals surface area (Å²) in [4.78, 5) is 19.5. The van der Waals surface area contributed by atoms with E-state index < -0.39 is 43.8 Å². The molecule has 4 rings (SSSR count). The van der Waals surface area contributed by atoms with Gasteiger partial charge in [0.2, 0.25) is 0 Å². The molecule has 8 nitrogen and oxygen atoms in total. The fraction of sp³-hybridized carbons (Fsp3) is 0.227.